The van der Waals surface area contributed by atoms with Gasteiger partial charge in [-0.2, -0.15) is 5.26 Å². The maximum absolute atomic E-state index is 11.3. The Morgan fingerprint density at radius 1 is 1.19 bits per heavy atom. The van der Waals surface area contributed by atoms with Crippen molar-refractivity contribution in [2.45, 2.75) is 63.9 Å². The summed E-state index contributed by atoms with van der Waals surface area (Å²) < 4.78 is 0. The van der Waals surface area contributed by atoms with Crippen LogP contribution in [-0.4, -0.2) is 10.7 Å². The molecule has 0 saturated heterocycles. The van der Waals surface area contributed by atoms with Crippen LogP contribution in [-0.2, 0) is 12.8 Å². The zero-order valence-corrected chi connectivity index (χ0v) is 12.9. The lowest BCUT2D eigenvalue weighted by atomic mass is 9.60. The van der Waals surface area contributed by atoms with Crippen LogP contribution >= 0.6 is 0 Å². The van der Waals surface area contributed by atoms with E-state index in [1.165, 1.54) is 24.0 Å². The predicted octanol–water partition coefficient (Wildman–Crippen LogP) is 4.02. The third-order valence-electron chi connectivity index (χ3n) is 5.84. The van der Waals surface area contributed by atoms with Crippen molar-refractivity contribution in [3.63, 3.8) is 0 Å². The number of fused-ring (bicyclic) bond motifs is 1. The molecule has 21 heavy (non-hydrogen) atoms. The highest BCUT2D eigenvalue weighted by atomic mass is 16.3. The van der Waals surface area contributed by atoms with Gasteiger partial charge in [0.2, 0.25) is 0 Å². The average molecular weight is 283 g/mol. The van der Waals surface area contributed by atoms with Gasteiger partial charge < -0.3 is 5.11 Å². The Labute approximate surface area is 127 Å². The van der Waals surface area contributed by atoms with Crippen LogP contribution in [0.4, 0.5) is 0 Å². The average Bonchev–Trinajstić information content (AvgIpc) is 2.86. The van der Waals surface area contributed by atoms with Gasteiger partial charge in [-0.25, -0.2) is 0 Å². The molecule has 1 aromatic rings. The van der Waals surface area contributed by atoms with E-state index in [1.807, 2.05) is 12.1 Å². The Morgan fingerprint density at radius 2 is 1.76 bits per heavy atom. The maximum Gasteiger partial charge on any atom is 0.0913 e. The SMILES string of the molecule is CCCC1CCC(C#N)(C2(O)Cc3ccccc3C2)CC1. The third kappa shape index (κ3) is 2.38. The highest BCUT2D eigenvalue weighted by Gasteiger charge is 2.54. The molecule has 1 saturated carbocycles. The monoisotopic (exact) mass is 283 g/mol. The predicted molar refractivity (Wildman–Crippen MR) is 83.7 cm³/mol. The number of benzene rings is 1. The second-order valence-corrected chi connectivity index (χ2v) is 7.08. The molecule has 0 bridgehead atoms. The molecule has 0 unspecified atom stereocenters. The molecule has 0 spiro atoms. The fourth-order valence-corrected chi connectivity index (χ4v) is 4.48. The molecule has 0 aromatic heterocycles. The Hall–Kier alpha value is -1.33. The molecule has 0 aliphatic heterocycles. The lowest BCUT2D eigenvalue weighted by Crippen LogP contribution is -2.50. The molecule has 0 atom stereocenters. The number of hydrogen-bond acceptors (Lipinski definition) is 2. The van der Waals surface area contributed by atoms with Gasteiger partial charge in [-0.15, -0.1) is 0 Å². The van der Waals surface area contributed by atoms with E-state index in [0.29, 0.717) is 12.8 Å². The van der Waals surface area contributed by atoms with E-state index < -0.39 is 11.0 Å². The van der Waals surface area contributed by atoms with E-state index >= 15 is 0 Å². The van der Waals surface area contributed by atoms with Crippen LogP contribution in [0.2, 0.25) is 0 Å². The second-order valence-electron chi connectivity index (χ2n) is 7.08. The zero-order valence-electron chi connectivity index (χ0n) is 12.9. The van der Waals surface area contributed by atoms with E-state index in [1.54, 1.807) is 0 Å². The minimum atomic E-state index is -0.859. The summed E-state index contributed by atoms with van der Waals surface area (Å²) in [4.78, 5) is 0. The van der Waals surface area contributed by atoms with Gasteiger partial charge in [-0.3, -0.25) is 0 Å². The molecule has 0 radical (unpaired) electrons. The first-order valence-electron chi connectivity index (χ1n) is 8.33. The molecule has 1 fully saturated rings. The Kier molecular flexibility index (Phi) is 3.80. The van der Waals surface area contributed by atoms with Gasteiger partial charge in [-0.05, 0) is 42.7 Å². The number of rotatable bonds is 3. The molecular formula is C19H25NO. The molecule has 1 aromatic carbocycles. The van der Waals surface area contributed by atoms with Crippen LogP contribution in [0.1, 0.15) is 56.6 Å². The zero-order chi connectivity index (χ0) is 14.9. The van der Waals surface area contributed by atoms with Gasteiger partial charge in [0.15, 0.2) is 0 Å². The van der Waals surface area contributed by atoms with Crippen molar-refractivity contribution in [2.24, 2.45) is 11.3 Å². The van der Waals surface area contributed by atoms with Crippen LogP contribution in [0, 0.1) is 22.7 Å². The molecule has 112 valence electrons. The summed E-state index contributed by atoms with van der Waals surface area (Å²) in [7, 11) is 0. The summed E-state index contributed by atoms with van der Waals surface area (Å²) in [6.45, 7) is 2.23. The molecule has 2 aliphatic rings. The quantitative estimate of drug-likeness (QED) is 0.910. The van der Waals surface area contributed by atoms with E-state index in [0.717, 1.165) is 31.6 Å². The highest BCUT2D eigenvalue weighted by Crippen LogP contribution is 2.51. The van der Waals surface area contributed by atoms with Gasteiger partial charge in [0.05, 0.1) is 17.1 Å². The van der Waals surface area contributed by atoms with Crippen molar-refractivity contribution in [2.75, 3.05) is 0 Å². The third-order valence-corrected chi connectivity index (χ3v) is 5.84. The lowest BCUT2D eigenvalue weighted by Gasteiger charge is -2.44. The first kappa shape index (κ1) is 14.6. The van der Waals surface area contributed by atoms with E-state index in [-0.39, 0.29) is 0 Å². The smallest absolute Gasteiger partial charge is 0.0913 e. The van der Waals surface area contributed by atoms with E-state index in [4.69, 9.17) is 0 Å². The Balaban J connectivity index is 1.81. The van der Waals surface area contributed by atoms with Gasteiger partial charge in [0, 0.05) is 12.8 Å². The van der Waals surface area contributed by atoms with Crippen LogP contribution in [0.3, 0.4) is 0 Å². The van der Waals surface area contributed by atoms with Crippen LogP contribution < -0.4 is 0 Å². The van der Waals surface area contributed by atoms with Crippen molar-refractivity contribution in [3.05, 3.63) is 35.4 Å². The van der Waals surface area contributed by atoms with Gasteiger partial charge in [0.1, 0.15) is 0 Å². The molecule has 2 heteroatoms. The van der Waals surface area contributed by atoms with Crippen LogP contribution in [0.15, 0.2) is 24.3 Å². The van der Waals surface area contributed by atoms with Gasteiger partial charge in [-0.1, -0.05) is 44.0 Å². The fraction of sp³-hybridized carbons (Fsp3) is 0.632. The topological polar surface area (TPSA) is 44.0 Å². The standard InChI is InChI=1S/C19H25NO/c1-2-5-15-8-10-18(14-20,11-9-15)19(21)12-16-6-3-4-7-17(16)13-19/h3-4,6-7,15,21H,2,5,8-13H2,1H3. The molecule has 0 heterocycles. The number of aliphatic hydroxyl groups is 1. The largest absolute Gasteiger partial charge is 0.388 e. The van der Waals surface area contributed by atoms with Crippen molar-refractivity contribution in [1.29, 1.82) is 5.26 Å². The Morgan fingerprint density at radius 3 is 2.24 bits per heavy atom. The van der Waals surface area contributed by atoms with Gasteiger partial charge in [0.25, 0.3) is 0 Å². The van der Waals surface area contributed by atoms with Crippen molar-refractivity contribution < 1.29 is 5.11 Å². The molecule has 2 nitrogen and oxygen atoms in total. The first-order valence-corrected chi connectivity index (χ1v) is 8.33. The summed E-state index contributed by atoms with van der Waals surface area (Å²) in [5.74, 6) is 0.754. The van der Waals surface area contributed by atoms with Crippen molar-refractivity contribution in [1.82, 2.24) is 0 Å². The van der Waals surface area contributed by atoms with Gasteiger partial charge >= 0.3 is 0 Å². The van der Waals surface area contributed by atoms with Crippen LogP contribution in [0.5, 0.6) is 0 Å². The minimum Gasteiger partial charge on any atom is -0.388 e. The molecule has 0 amide bonds. The Bertz CT molecular complexity index is 524. The summed E-state index contributed by atoms with van der Waals surface area (Å²) in [5.41, 5.74) is 1.05. The fourth-order valence-electron chi connectivity index (χ4n) is 4.48. The second kappa shape index (κ2) is 5.46. The molecule has 3 rings (SSSR count). The number of hydrogen-bond donors (Lipinski definition) is 1. The molecular weight excluding hydrogens is 258 g/mol. The van der Waals surface area contributed by atoms with Crippen molar-refractivity contribution in [3.8, 4) is 6.07 Å². The van der Waals surface area contributed by atoms with Crippen LogP contribution in [0.25, 0.3) is 0 Å². The maximum atomic E-state index is 11.3. The minimum absolute atomic E-state index is 0.545. The van der Waals surface area contributed by atoms with Crippen molar-refractivity contribution >= 4 is 0 Å². The molecule has 1 N–H and O–H groups in total. The van der Waals surface area contributed by atoms with E-state index in [2.05, 4.69) is 25.1 Å². The van der Waals surface area contributed by atoms with E-state index in [9.17, 15) is 10.4 Å². The molecule has 2 aliphatic carbocycles. The summed E-state index contributed by atoms with van der Waals surface area (Å²) >= 11 is 0. The summed E-state index contributed by atoms with van der Waals surface area (Å²) in [6, 6.07) is 10.8. The highest BCUT2D eigenvalue weighted by molar-refractivity contribution is 5.38. The lowest BCUT2D eigenvalue weighted by molar-refractivity contribution is -0.0705. The first-order chi connectivity index (χ1) is 10.1. The summed E-state index contributed by atoms with van der Waals surface area (Å²) in [5, 5.41) is 21.1. The number of nitrogens with zero attached hydrogens (tertiary/aromatic N) is 1. The number of nitriles is 1. The summed E-state index contributed by atoms with van der Waals surface area (Å²) in [6.07, 6.45) is 7.70. The normalized spacial score (nSPS) is 30.6.